The number of aryl methyl sites for hydroxylation is 2. The quantitative estimate of drug-likeness (QED) is 0.717. The molecule has 124 valence electrons. The number of anilines is 1. The molecule has 1 aromatic carbocycles. The van der Waals surface area contributed by atoms with Gasteiger partial charge in [0.25, 0.3) is 0 Å². The van der Waals surface area contributed by atoms with Crippen LogP contribution in [-0.4, -0.2) is 32.8 Å². The molecular formula is C19H23N5. The molecule has 3 aromatic rings. The van der Waals surface area contributed by atoms with Crippen LogP contribution < -0.4 is 4.90 Å². The predicted octanol–water partition coefficient (Wildman–Crippen LogP) is 3.79. The summed E-state index contributed by atoms with van der Waals surface area (Å²) >= 11 is 0. The molecule has 0 atom stereocenters. The summed E-state index contributed by atoms with van der Waals surface area (Å²) in [6, 6.07) is 14.1. The second kappa shape index (κ2) is 6.83. The van der Waals surface area contributed by atoms with Gasteiger partial charge in [0.1, 0.15) is 5.82 Å². The highest BCUT2D eigenvalue weighted by Gasteiger charge is 2.13. The first-order valence-electron chi connectivity index (χ1n) is 8.35. The molecule has 0 bridgehead atoms. The first-order chi connectivity index (χ1) is 11.6. The van der Waals surface area contributed by atoms with Crippen molar-refractivity contribution in [2.75, 3.05) is 18.0 Å². The number of rotatable bonds is 5. The normalized spacial score (nSPS) is 10.8. The average molecular weight is 321 g/mol. The number of benzene rings is 1. The van der Waals surface area contributed by atoms with Crippen LogP contribution in [0.25, 0.3) is 17.2 Å². The van der Waals surface area contributed by atoms with Crippen LogP contribution in [0, 0.1) is 13.8 Å². The highest BCUT2D eigenvalue weighted by atomic mass is 15.3. The van der Waals surface area contributed by atoms with Crippen LogP contribution in [0.2, 0.25) is 0 Å². The van der Waals surface area contributed by atoms with E-state index in [1.807, 2.05) is 54.9 Å². The zero-order valence-corrected chi connectivity index (χ0v) is 14.7. The minimum absolute atomic E-state index is 0.725. The molecule has 0 fully saturated rings. The zero-order valence-electron chi connectivity index (χ0n) is 14.7. The molecule has 3 rings (SSSR count). The lowest BCUT2D eigenvalue weighted by Gasteiger charge is -2.21. The molecule has 5 heteroatoms. The summed E-state index contributed by atoms with van der Waals surface area (Å²) in [5.74, 6) is 2.45. The summed E-state index contributed by atoms with van der Waals surface area (Å²) in [7, 11) is 0. The first-order valence-corrected chi connectivity index (χ1v) is 8.35. The molecule has 0 saturated heterocycles. The van der Waals surface area contributed by atoms with E-state index in [1.165, 1.54) is 0 Å². The maximum Gasteiger partial charge on any atom is 0.163 e. The Morgan fingerprint density at radius 3 is 2.25 bits per heavy atom. The number of aromatic nitrogens is 4. The van der Waals surface area contributed by atoms with E-state index in [0.29, 0.717) is 0 Å². The molecule has 0 amide bonds. The smallest absolute Gasteiger partial charge is 0.163 e. The molecule has 0 spiro atoms. The highest BCUT2D eigenvalue weighted by molar-refractivity contribution is 5.59. The van der Waals surface area contributed by atoms with Crippen molar-refractivity contribution in [2.45, 2.75) is 27.7 Å². The van der Waals surface area contributed by atoms with Gasteiger partial charge in [0, 0.05) is 30.4 Å². The van der Waals surface area contributed by atoms with Crippen LogP contribution in [0.15, 0.2) is 42.5 Å². The zero-order chi connectivity index (χ0) is 17.1. The molecule has 0 aliphatic rings. The lowest BCUT2D eigenvalue weighted by Crippen LogP contribution is -2.23. The Labute approximate surface area is 143 Å². The Morgan fingerprint density at radius 2 is 1.67 bits per heavy atom. The minimum Gasteiger partial charge on any atom is -0.357 e. The molecule has 24 heavy (non-hydrogen) atoms. The number of nitrogens with zero attached hydrogens (tertiary/aromatic N) is 5. The molecule has 2 heterocycles. The van der Waals surface area contributed by atoms with E-state index in [9.17, 15) is 0 Å². The summed E-state index contributed by atoms with van der Waals surface area (Å²) in [6.07, 6.45) is 0. The lowest BCUT2D eigenvalue weighted by atomic mass is 10.2. The van der Waals surface area contributed by atoms with Crippen molar-refractivity contribution >= 4 is 5.82 Å². The maximum absolute atomic E-state index is 4.78. The van der Waals surface area contributed by atoms with Gasteiger partial charge in [-0.15, -0.1) is 0 Å². The van der Waals surface area contributed by atoms with Crippen molar-refractivity contribution in [3.8, 4) is 17.2 Å². The van der Waals surface area contributed by atoms with Crippen molar-refractivity contribution in [3.63, 3.8) is 0 Å². The summed E-state index contributed by atoms with van der Waals surface area (Å²) in [4.78, 5) is 11.8. The minimum atomic E-state index is 0.725. The van der Waals surface area contributed by atoms with Crippen molar-refractivity contribution < 1.29 is 0 Å². The van der Waals surface area contributed by atoms with E-state index in [0.717, 1.165) is 47.5 Å². The van der Waals surface area contributed by atoms with Gasteiger partial charge in [-0.3, -0.25) is 0 Å². The van der Waals surface area contributed by atoms with Crippen LogP contribution in [-0.2, 0) is 0 Å². The summed E-state index contributed by atoms with van der Waals surface area (Å²) < 4.78 is 1.89. The van der Waals surface area contributed by atoms with E-state index >= 15 is 0 Å². The Morgan fingerprint density at radius 1 is 0.958 bits per heavy atom. The van der Waals surface area contributed by atoms with Gasteiger partial charge in [0.05, 0.1) is 5.69 Å². The van der Waals surface area contributed by atoms with Crippen LogP contribution >= 0.6 is 0 Å². The molecule has 0 N–H and O–H groups in total. The Bertz CT molecular complexity index is 819. The SMILES string of the molecule is CCN(CC)c1cc(-n2nc(C)cc2C)nc(-c2ccccc2)n1. The summed E-state index contributed by atoms with van der Waals surface area (Å²) in [5.41, 5.74) is 3.06. The Kier molecular flexibility index (Phi) is 4.60. The van der Waals surface area contributed by atoms with Gasteiger partial charge in [-0.25, -0.2) is 14.6 Å². The molecule has 0 aliphatic carbocycles. The Hall–Kier alpha value is -2.69. The molecule has 0 radical (unpaired) electrons. The number of hydrogen-bond acceptors (Lipinski definition) is 4. The lowest BCUT2D eigenvalue weighted by molar-refractivity contribution is 0.790. The number of hydrogen-bond donors (Lipinski definition) is 0. The second-order valence-corrected chi connectivity index (χ2v) is 5.79. The van der Waals surface area contributed by atoms with Crippen molar-refractivity contribution in [3.05, 3.63) is 53.9 Å². The average Bonchev–Trinajstić information content (AvgIpc) is 2.95. The van der Waals surface area contributed by atoms with Crippen LogP contribution in [0.3, 0.4) is 0 Å². The molecule has 0 unspecified atom stereocenters. The van der Waals surface area contributed by atoms with Gasteiger partial charge in [0.2, 0.25) is 0 Å². The third-order valence-corrected chi connectivity index (χ3v) is 4.05. The van der Waals surface area contributed by atoms with Gasteiger partial charge < -0.3 is 4.90 Å². The third kappa shape index (κ3) is 3.15. The second-order valence-electron chi connectivity index (χ2n) is 5.79. The first kappa shape index (κ1) is 16.2. The molecule has 2 aromatic heterocycles. The summed E-state index contributed by atoms with van der Waals surface area (Å²) in [5, 5.41) is 4.58. The van der Waals surface area contributed by atoms with Gasteiger partial charge in [0.15, 0.2) is 11.6 Å². The third-order valence-electron chi connectivity index (χ3n) is 4.05. The maximum atomic E-state index is 4.78. The van der Waals surface area contributed by atoms with Gasteiger partial charge in [-0.2, -0.15) is 5.10 Å². The van der Waals surface area contributed by atoms with E-state index in [2.05, 4.69) is 29.9 Å². The Balaban J connectivity index is 2.18. The van der Waals surface area contributed by atoms with E-state index in [-0.39, 0.29) is 0 Å². The van der Waals surface area contributed by atoms with Gasteiger partial charge >= 0.3 is 0 Å². The molecule has 0 saturated carbocycles. The predicted molar refractivity (Wildman–Crippen MR) is 97.6 cm³/mol. The monoisotopic (exact) mass is 321 g/mol. The molecule has 0 aliphatic heterocycles. The largest absolute Gasteiger partial charge is 0.357 e. The van der Waals surface area contributed by atoms with Gasteiger partial charge in [-0.05, 0) is 33.8 Å². The fraction of sp³-hybridized carbons (Fsp3) is 0.316. The standard InChI is InChI=1S/C19H23N5/c1-5-23(6-2)17-13-18(24-15(4)12-14(3)22-24)21-19(20-17)16-10-8-7-9-11-16/h7-13H,5-6H2,1-4H3. The topological polar surface area (TPSA) is 46.8 Å². The van der Waals surface area contributed by atoms with Crippen molar-refractivity contribution in [2.24, 2.45) is 0 Å². The highest BCUT2D eigenvalue weighted by Crippen LogP contribution is 2.22. The van der Waals surface area contributed by atoms with E-state index < -0.39 is 0 Å². The molecule has 5 nitrogen and oxygen atoms in total. The fourth-order valence-corrected chi connectivity index (χ4v) is 2.82. The molecular weight excluding hydrogens is 298 g/mol. The van der Waals surface area contributed by atoms with Crippen molar-refractivity contribution in [1.29, 1.82) is 0 Å². The van der Waals surface area contributed by atoms with E-state index in [4.69, 9.17) is 9.97 Å². The van der Waals surface area contributed by atoms with Crippen LogP contribution in [0.5, 0.6) is 0 Å². The van der Waals surface area contributed by atoms with Crippen LogP contribution in [0.4, 0.5) is 5.82 Å². The van der Waals surface area contributed by atoms with E-state index in [1.54, 1.807) is 0 Å². The fourth-order valence-electron chi connectivity index (χ4n) is 2.82. The summed E-state index contributed by atoms with van der Waals surface area (Å²) in [6.45, 7) is 10.1. The van der Waals surface area contributed by atoms with Gasteiger partial charge in [-0.1, -0.05) is 30.3 Å². The van der Waals surface area contributed by atoms with Crippen LogP contribution in [0.1, 0.15) is 25.2 Å². The van der Waals surface area contributed by atoms with Crippen molar-refractivity contribution in [1.82, 2.24) is 19.7 Å².